The molecular weight excluding hydrogens is 316 g/mol. The van der Waals surface area contributed by atoms with Gasteiger partial charge in [0.2, 0.25) is 5.28 Å². The predicted molar refractivity (Wildman–Crippen MR) is 90.7 cm³/mol. The van der Waals surface area contributed by atoms with Crippen molar-refractivity contribution >= 4 is 28.6 Å². The fourth-order valence-corrected chi connectivity index (χ4v) is 3.14. The SMILES string of the molecule is CC#CCn1c(=O)n(C)c2nc(Cl)nc(N3CCCC(N)C3)c21. The minimum atomic E-state index is -0.179. The molecule has 0 amide bonds. The summed E-state index contributed by atoms with van der Waals surface area (Å²) in [6, 6.07) is 0.0897. The van der Waals surface area contributed by atoms with Crippen molar-refractivity contribution in [2.75, 3.05) is 18.0 Å². The second-order valence-electron chi connectivity index (χ2n) is 5.69. The van der Waals surface area contributed by atoms with Crippen LogP contribution in [0.25, 0.3) is 11.2 Å². The normalized spacial score (nSPS) is 18.1. The summed E-state index contributed by atoms with van der Waals surface area (Å²) in [5.74, 6) is 6.41. The van der Waals surface area contributed by atoms with Gasteiger partial charge in [-0.25, -0.2) is 4.79 Å². The third-order valence-corrected chi connectivity index (χ3v) is 4.27. The van der Waals surface area contributed by atoms with E-state index >= 15 is 0 Å². The number of aromatic nitrogens is 4. The van der Waals surface area contributed by atoms with Crippen molar-refractivity contribution in [3.05, 3.63) is 15.8 Å². The van der Waals surface area contributed by atoms with Crippen LogP contribution in [0.5, 0.6) is 0 Å². The lowest BCUT2D eigenvalue weighted by Gasteiger charge is -2.32. The third kappa shape index (κ3) is 2.80. The highest BCUT2D eigenvalue weighted by molar-refractivity contribution is 6.28. The third-order valence-electron chi connectivity index (χ3n) is 4.10. The van der Waals surface area contributed by atoms with Gasteiger partial charge in [-0.2, -0.15) is 9.97 Å². The van der Waals surface area contributed by atoms with Crippen LogP contribution < -0.4 is 16.3 Å². The lowest BCUT2D eigenvalue weighted by Crippen LogP contribution is -2.43. The molecule has 1 aliphatic rings. The lowest BCUT2D eigenvalue weighted by atomic mass is 10.1. The second-order valence-corrected chi connectivity index (χ2v) is 6.03. The van der Waals surface area contributed by atoms with Crippen molar-refractivity contribution in [3.63, 3.8) is 0 Å². The van der Waals surface area contributed by atoms with E-state index in [1.165, 1.54) is 4.57 Å². The van der Waals surface area contributed by atoms with Crippen molar-refractivity contribution in [3.8, 4) is 11.8 Å². The maximum absolute atomic E-state index is 12.5. The van der Waals surface area contributed by atoms with Crippen molar-refractivity contribution in [2.45, 2.75) is 32.4 Å². The second kappa shape index (κ2) is 6.22. The molecule has 0 spiro atoms. The zero-order chi connectivity index (χ0) is 16.6. The number of hydrogen-bond donors (Lipinski definition) is 1. The lowest BCUT2D eigenvalue weighted by molar-refractivity contribution is 0.503. The smallest absolute Gasteiger partial charge is 0.331 e. The highest BCUT2D eigenvalue weighted by atomic mass is 35.5. The number of anilines is 1. The molecule has 7 nitrogen and oxygen atoms in total. The van der Waals surface area contributed by atoms with Gasteiger partial charge in [0.25, 0.3) is 0 Å². The van der Waals surface area contributed by atoms with Gasteiger partial charge >= 0.3 is 5.69 Å². The number of aryl methyl sites for hydroxylation is 1. The van der Waals surface area contributed by atoms with Crippen molar-refractivity contribution in [2.24, 2.45) is 12.8 Å². The summed E-state index contributed by atoms with van der Waals surface area (Å²) in [6.45, 7) is 3.56. The summed E-state index contributed by atoms with van der Waals surface area (Å²) in [5.41, 5.74) is 7.09. The molecule has 0 aromatic carbocycles. The molecule has 1 aliphatic heterocycles. The van der Waals surface area contributed by atoms with Crippen LogP contribution in [0.15, 0.2) is 4.79 Å². The molecule has 8 heteroatoms. The van der Waals surface area contributed by atoms with Crippen LogP contribution in [0.4, 0.5) is 5.82 Å². The number of piperidine rings is 1. The van der Waals surface area contributed by atoms with Crippen molar-refractivity contribution in [1.29, 1.82) is 0 Å². The molecule has 0 saturated carbocycles. The molecule has 3 heterocycles. The van der Waals surface area contributed by atoms with Crippen LogP contribution in [0.2, 0.25) is 5.28 Å². The molecular formula is C15H19ClN6O. The Morgan fingerprint density at radius 3 is 2.91 bits per heavy atom. The van der Waals surface area contributed by atoms with E-state index in [9.17, 15) is 4.79 Å². The van der Waals surface area contributed by atoms with Crippen molar-refractivity contribution in [1.82, 2.24) is 19.1 Å². The zero-order valence-electron chi connectivity index (χ0n) is 13.2. The number of imidazole rings is 1. The zero-order valence-corrected chi connectivity index (χ0v) is 14.0. The molecule has 3 rings (SSSR count). The topological polar surface area (TPSA) is 82.0 Å². The van der Waals surface area contributed by atoms with E-state index in [1.807, 2.05) is 0 Å². The number of fused-ring (bicyclic) bond motifs is 1. The Balaban J connectivity index is 2.25. The van der Waals surface area contributed by atoms with Gasteiger partial charge in [0.15, 0.2) is 11.5 Å². The molecule has 0 bridgehead atoms. The fraction of sp³-hybridized carbons (Fsp3) is 0.533. The summed E-state index contributed by atoms with van der Waals surface area (Å²) < 4.78 is 3.07. The summed E-state index contributed by atoms with van der Waals surface area (Å²) in [5, 5.41) is 0.126. The maximum atomic E-state index is 12.5. The average Bonchev–Trinajstić information content (AvgIpc) is 2.76. The molecule has 1 fully saturated rings. The monoisotopic (exact) mass is 334 g/mol. The van der Waals surface area contributed by atoms with Gasteiger partial charge in [0, 0.05) is 26.2 Å². The first kappa shape index (κ1) is 15.8. The van der Waals surface area contributed by atoms with Crippen LogP contribution in [0.1, 0.15) is 19.8 Å². The molecule has 1 atom stereocenters. The molecule has 122 valence electrons. The Kier molecular flexibility index (Phi) is 4.28. The standard InChI is InChI=1S/C15H19ClN6O/c1-3-4-8-22-11-12(20(2)15(22)23)18-14(16)19-13(11)21-7-5-6-10(17)9-21/h10H,5-9,17H2,1-2H3. The maximum Gasteiger partial charge on any atom is 0.331 e. The highest BCUT2D eigenvalue weighted by Crippen LogP contribution is 2.27. The summed E-state index contributed by atoms with van der Waals surface area (Å²) in [7, 11) is 1.68. The molecule has 0 radical (unpaired) electrons. The number of rotatable bonds is 2. The Bertz CT molecular complexity index is 859. The Labute approximate surface area is 139 Å². The predicted octanol–water partition coefficient (Wildman–Crippen LogP) is 0.734. The highest BCUT2D eigenvalue weighted by Gasteiger charge is 2.25. The summed E-state index contributed by atoms with van der Waals surface area (Å²) in [4.78, 5) is 23.2. The van der Waals surface area contributed by atoms with Gasteiger partial charge in [0.1, 0.15) is 5.52 Å². The van der Waals surface area contributed by atoms with E-state index in [4.69, 9.17) is 17.3 Å². The first-order valence-electron chi connectivity index (χ1n) is 7.55. The molecule has 2 aromatic heterocycles. The Morgan fingerprint density at radius 2 is 2.22 bits per heavy atom. The van der Waals surface area contributed by atoms with E-state index in [2.05, 4.69) is 26.7 Å². The van der Waals surface area contributed by atoms with E-state index in [0.717, 1.165) is 19.4 Å². The molecule has 1 saturated heterocycles. The number of nitrogens with two attached hydrogens (primary N) is 1. The van der Waals surface area contributed by atoms with Gasteiger partial charge in [-0.05, 0) is 31.4 Å². The summed E-state index contributed by atoms with van der Waals surface area (Å²) >= 11 is 6.08. The number of nitrogens with zero attached hydrogens (tertiary/aromatic N) is 5. The van der Waals surface area contributed by atoms with Crippen LogP contribution in [-0.4, -0.2) is 38.2 Å². The fourth-order valence-electron chi connectivity index (χ4n) is 2.98. The van der Waals surface area contributed by atoms with Crippen LogP contribution in [0.3, 0.4) is 0 Å². The van der Waals surface area contributed by atoms with Gasteiger partial charge in [-0.15, -0.1) is 5.92 Å². The van der Waals surface area contributed by atoms with Crippen LogP contribution in [0, 0.1) is 11.8 Å². The number of hydrogen-bond acceptors (Lipinski definition) is 5. The van der Waals surface area contributed by atoms with Crippen molar-refractivity contribution < 1.29 is 0 Å². The molecule has 2 N–H and O–H groups in total. The van der Waals surface area contributed by atoms with E-state index in [1.54, 1.807) is 18.5 Å². The van der Waals surface area contributed by atoms with Gasteiger partial charge < -0.3 is 10.6 Å². The summed E-state index contributed by atoms with van der Waals surface area (Å²) in [6.07, 6.45) is 1.97. The Morgan fingerprint density at radius 1 is 1.43 bits per heavy atom. The van der Waals surface area contributed by atoms with Gasteiger partial charge in [-0.1, -0.05) is 5.92 Å². The first-order chi connectivity index (χ1) is 11.0. The molecule has 23 heavy (non-hydrogen) atoms. The minimum absolute atomic E-state index is 0.0897. The average molecular weight is 335 g/mol. The quantitative estimate of drug-likeness (QED) is 0.647. The number of halogens is 1. The molecule has 0 aliphatic carbocycles. The Hall–Kier alpha value is -2.04. The van der Waals surface area contributed by atoms with E-state index < -0.39 is 0 Å². The first-order valence-corrected chi connectivity index (χ1v) is 7.93. The molecule has 2 aromatic rings. The van der Waals surface area contributed by atoms with Gasteiger partial charge in [0.05, 0.1) is 6.54 Å². The van der Waals surface area contributed by atoms with Crippen LogP contribution >= 0.6 is 11.6 Å². The van der Waals surface area contributed by atoms with E-state index in [0.29, 0.717) is 30.1 Å². The van der Waals surface area contributed by atoms with Crippen LogP contribution in [-0.2, 0) is 13.6 Å². The van der Waals surface area contributed by atoms with Gasteiger partial charge in [-0.3, -0.25) is 9.13 Å². The molecule has 1 unspecified atom stereocenters. The van der Waals surface area contributed by atoms with E-state index in [-0.39, 0.29) is 17.0 Å². The largest absolute Gasteiger partial charge is 0.353 e. The minimum Gasteiger partial charge on any atom is -0.353 e.